The number of hydrogen-bond acceptors (Lipinski definition) is 4. The van der Waals surface area contributed by atoms with E-state index in [0.29, 0.717) is 12.2 Å². The minimum Gasteiger partial charge on any atom is -0.493 e. The summed E-state index contributed by atoms with van der Waals surface area (Å²) in [6.07, 6.45) is 1.73. The zero-order valence-electron chi connectivity index (χ0n) is 10.5. The van der Waals surface area contributed by atoms with Crippen LogP contribution >= 0.6 is 11.3 Å². The van der Waals surface area contributed by atoms with Crippen molar-refractivity contribution in [2.75, 3.05) is 6.61 Å². The molecule has 1 aromatic heterocycles. The van der Waals surface area contributed by atoms with E-state index >= 15 is 0 Å². The third-order valence-corrected chi connectivity index (χ3v) is 3.81. The van der Waals surface area contributed by atoms with Crippen LogP contribution in [-0.4, -0.2) is 17.9 Å². The van der Waals surface area contributed by atoms with Crippen molar-refractivity contribution in [3.8, 4) is 5.75 Å². The highest BCUT2D eigenvalue weighted by Gasteiger charge is 2.03. The number of carbonyl (C=O) groups excluding carboxylic acids is 1. The first-order valence-corrected chi connectivity index (χ1v) is 6.66. The number of aromatic nitrogens is 1. The van der Waals surface area contributed by atoms with Crippen LogP contribution in [0.4, 0.5) is 0 Å². The van der Waals surface area contributed by atoms with Crippen LogP contribution in [0.25, 0.3) is 0 Å². The molecule has 0 bridgehead atoms. The van der Waals surface area contributed by atoms with Gasteiger partial charge in [0.05, 0.1) is 17.8 Å². The van der Waals surface area contributed by atoms with Gasteiger partial charge in [-0.2, -0.15) is 0 Å². The van der Waals surface area contributed by atoms with Crippen molar-refractivity contribution >= 4 is 17.6 Å². The molecule has 0 aliphatic carbocycles. The lowest BCUT2D eigenvalue weighted by molar-refractivity contribution is 0.112. The Morgan fingerprint density at radius 1 is 1.39 bits per heavy atom. The van der Waals surface area contributed by atoms with Gasteiger partial charge in [-0.1, -0.05) is 0 Å². The lowest BCUT2D eigenvalue weighted by Crippen LogP contribution is -2.01. The maximum atomic E-state index is 10.7. The Balaban J connectivity index is 1.93. The summed E-state index contributed by atoms with van der Waals surface area (Å²) in [4.78, 5) is 16.2. The molecule has 0 N–H and O–H groups in total. The van der Waals surface area contributed by atoms with Crippen molar-refractivity contribution in [3.05, 3.63) is 45.4 Å². The largest absolute Gasteiger partial charge is 0.493 e. The average Bonchev–Trinajstić information content (AvgIpc) is 2.75. The van der Waals surface area contributed by atoms with Gasteiger partial charge in [0, 0.05) is 16.9 Å². The fraction of sp³-hybridized carbons (Fsp3) is 0.286. The molecule has 0 amide bonds. The SMILES string of the molecule is Cc1cc(OCCc2scnc2C)ccc1C=O. The van der Waals surface area contributed by atoms with E-state index in [1.165, 1.54) is 4.88 Å². The van der Waals surface area contributed by atoms with Gasteiger partial charge in [-0.25, -0.2) is 4.98 Å². The first-order chi connectivity index (χ1) is 8.70. The van der Waals surface area contributed by atoms with Gasteiger partial charge in [0.1, 0.15) is 12.0 Å². The van der Waals surface area contributed by atoms with Crippen molar-refractivity contribution in [3.63, 3.8) is 0 Å². The predicted octanol–water partition coefficient (Wildman–Crippen LogP) is 3.19. The Morgan fingerprint density at radius 3 is 2.83 bits per heavy atom. The molecule has 0 aliphatic heterocycles. The molecule has 0 saturated carbocycles. The summed E-state index contributed by atoms with van der Waals surface area (Å²) in [5.74, 6) is 0.806. The summed E-state index contributed by atoms with van der Waals surface area (Å²) in [6, 6.07) is 5.51. The molecule has 2 rings (SSSR count). The van der Waals surface area contributed by atoms with Crippen LogP contribution in [0, 0.1) is 13.8 Å². The van der Waals surface area contributed by atoms with Crippen LogP contribution in [0.1, 0.15) is 26.5 Å². The summed E-state index contributed by atoms with van der Waals surface area (Å²) in [5.41, 5.74) is 4.58. The highest BCUT2D eigenvalue weighted by molar-refractivity contribution is 7.09. The standard InChI is InChI=1S/C14H15NO2S/c1-10-7-13(4-3-12(10)8-16)17-6-5-14-11(2)15-9-18-14/h3-4,7-9H,5-6H2,1-2H3. The van der Waals surface area contributed by atoms with Crippen molar-refractivity contribution < 1.29 is 9.53 Å². The van der Waals surface area contributed by atoms with E-state index in [0.717, 1.165) is 29.7 Å². The van der Waals surface area contributed by atoms with E-state index in [9.17, 15) is 4.79 Å². The number of aryl methyl sites for hydroxylation is 2. The van der Waals surface area contributed by atoms with Crippen LogP contribution in [0.2, 0.25) is 0 Å². The van der Waals surface area contributed by atoms with Gasteiger partial charge in [-0.15, -0.1) is 11.3 Å². The fourth-order valence-corrected chi connectivity index (χ4v) is 2.46. The molecule has 18 heavy (non-hydrogen) atoms. The molecule has 0 aliphatic rings. The monoisotopic (exact) mass is 261 g/mol. The summed E-state index contributed by atoms with van der Waals surface area (Å²) >= 11 is 1.66. The molecular formula is C14H15NO2S. The van der Waals surface area contributed by atoms with Gasteiger partial charge < -0.3 is 4.74 Å². The van der Waals surface area contributed by atoms with Gasteiger partial charge in [0.25, 0.3) is 0 Å². The number of thiazole rings is 1. The van der Waals surface area contributed by atoms with Gasteiger partial charge in [0.15, 0.2) is 0 Å². The van der Waals surface area contributed by atoms with Crippen LogP contribution in [-0.2, 0) is 6.42 Å². The quantitative estimate of drug-likeness (QED) is 0.776. The first-order valence-electron chi connectivity index (χ1n) is 5.78. The maximum Gasteiger partial charge on any atom is 0.150 e. The molecule has 2 aromatic rings. The van der Waals surface area contributed by atoms with E-state index in [1.807, 2.05) is 31.5 Å². The van der Waals surface area contributed by atoms with E-state index in [-0.39, 0.29) is 0 Å². The summed E-state index contributed by atoms with van der Waals surface area (Å²) < 4.78 is 5.68. The van der Waals surface area contributed by atoms with Crippen LogP contribution < -0.4 is 4.74 Å². The van der Waals surface area contributed by atoms with Gasteiger partial charge in [0.2, 0.25) is 0 Å². The third kappa shape index (κ3) is 2.96. The molecule has 0 spiro atoms. The number of rotatable bonds is 5. The summed E-state index contributed by atoms with van der Waals surface area (Å²) in [7, 11) is 0. The smallest absolute Gasteiger partial charge is 0.150 e. The maximum absolute atomic E-state index is 10.7. The normalized spacial score (nSPS) is 10.3. The van der Waals surface area contributed by atoms with E-state index in [2.05, 4.69) is 4.98 Å². The second-order valence-corrected chi connectivity index (χ2v) is 5.03. The van der Waals surface area contributed by atoms with Crippen molar-refractivity contribution in [1.29, 1.82) is 0 Å². The second kappa shape index (κ2) is 5.78. The lowest BCUT2D eigenvalue weighted by Gasteiger charge is -2.07. The molecular weight excluding hydrogens is 246 g/mol. The zero-order chi connectivity index (χ0) is 13.0. The summed E-state index contributed by atoms with van der Waals surface area (Å²) in [6.45, 7) is 4.54. The Hall–Kier alpha value is -1.68. The molecule has 0 atom stereocenters. The third-order valence-electron chi connectivity index (χ3n) is 2.81. The Labute approximate surface area is 110 Å². The molecule has 0 unspecified atom stereocenters. The Morgan fingerprint density at radius 2 is 2.22 bits per heavy atom. The van der Waals surface area contributed by atoms with Gasteiger partial charge in [-0.05, 0) is 37.6 Å². The second-order valence-electron chi connectivity index (χ2n) is 4.10. The number of ether oxygens (including phenoxy) is 1. The van der Waals surface area contributed by atoms with Crippen molar-refractivity contribution in [2.45, 2.75) is 20.3 Å². The molecule has 94 valence electrons. The topological polar surface area (TPSA) is 39.2 Å². The molecule has 1 aromatic carbocycles. The Bertz CT molecular complexity index is 548. The fourth-order valence-electron chi connectivity index (χ4n) is 1.70. The van der Waals surface area contributed by atoms with E-state index in [4.69, 9.17) is 4.74 Å². The van der Waals surface area contributed by atoms with E-state index < -0.39 is 0 Å². The molecule has 3 nitrogen and oxygen atoms in total. The zero-order valence-corrected chi connectivity index (χ0v) is 11.3. The number of aldehydes is 1. The minimum absolute atomic E-state index is 0.628. The molecule has 0 fully saturated rings. The number of benzene rings is 1. The van der Waals surface area contributed by atoms with E-state index in [1.54, 1.807) is 17.4 Å². The number of carbonyl (C=O) groups is 1. The van der Waals surface area contributed by atoms with Crippen LogP contribution in [0.5, 0.6) is 5.75 Å². The average molecular weight is 261 g/mol. The molecule has 1 heterocycles. The molecule has 0 radical (unpaired) electrons. The van der Waals surface area contributed by atoms with Crippen LogP contribution in [0.3, 0.4) is 0 Å². The Kier molecular flexibility index (Phi) is 4.10. The lowest BCUT2D eigenvalue weighted by atomic mass is 10.1. The highest BCUT2D eigenvalue weighted by Crippen LogP contribution is 2.17. The van der Waals surface area contributed by atoms with Crippen LogP contribution in [0.15, 0.2) is 23.7 Å². The van der Waals surface area contributed by atoms with Gasteiger partial charge in [-0.3, -0.25) is 4.79 Å². The number of hydrogen-bond donors (Lipinski definition) is 0. The van der Waals surface area contributed by atoms with Crippen molar-refractivity contribution in [2.24, 2.45) is 0 Å². The predicted molar refractivity (Wildman–Crippen MR) is 72.6 cm³/mol. The van der Waals surface area contributed by atoms with Gasteiger partial charge >= 0.3 is 0 Å². The summed E-state index contributed by atoms with van der Waals surface area (Å²) in [5, 5.41) is 0. The first kappa shape index (κ1) is 12.8. The molecule has 4 heteroatoms. The highest BCUT2D eigenvalue weighted by atomic mass is 32.1. The molecule has 0 saturated heterocycles. The van der Waals surface area contributed by atoms with Crippen molar-refractivity contribution in [1.82, 2.24) is 4.98 Å². The minimum atomic E-state index is 0.628. The number of nitrogens with zero attached hydrogens (tertiary/aromatic N) is 1.